The molecule has 0 aliphatic heterocycles. The largest absolute Gasteiger partial charge is 0.478 e. The predicted octanol–water partition coefficient (Wildman–Crippen LogP) is 0.832. The van der Waals surface area contributed by atoms with E-state index in [9.17, 15) is 4.79 Å². The molecule has 0 fully saturated rings. The van der Waals surface area contributed by atoms with Gasteiger partial charge in [-0.2, -0.15) is 0 Å². The van der Waals surface area contributed by atoms with Gasteiger partial charge in [-0.25, -0.2) is 9.78 Å². The van der Waals surface area contributed by atoms with Crippen LogP contribution in [0.1, 0.15) is 5.82 Å². The fourth-order valence-electron chi connectivity index (χ4n) is 0.844. The third-order valence-electron chi connectivity index (χ3n) is 1.59. The first-order valence-corrected chi connectivity index (χ1v) is 3.50. The number of hydrogen-bond donors (Lipinski definition) is 1. The third kappa shape index (κ3) is 1.72. The van der Waals surface area contributed by atoms with Crippen molar-refractivity contribution in [2.75, 3.05) is 0 Å². The number of carboxylic acids is 1. The van der Waals surface area contributed by atoms with Crippen LogP contribution in [0.5, 0.6) is 0 Å². The van der Waals surface area contributed by atoms with Gasteiger partial charge >= 0.3 is 5.97 Å². The number of rotatable bonds is 3. The minimum Gasteiger partial charge on any atom is -0.478 e. The molecule has 0 atom stereocenters. The van der Waals surface area contributed by atoms with Crippen LogP contribution >= 0.6 is 0 Å². The van der Waals surface area contributed by atoms with Crippen molar-refractivity contribution < 1.29 is 9.90 Å². The van der Waals surface area contributed by atoms with E-state index in [0.717, 1.165) is 5.82 Å². The summed E-state index contributed by atoms with van der Waals surface area (Å²) in [5.41, 5.74) is 0.163. The van der Waals surface area contributed by atoms with Crippen molar-refractivity contribution in [2.45, 2.75) is 13.5 Å². The van der Waals surface area contributed by atoms with Gasteiger partial charge in [0, 0.05) is 18.0 Å². The minimum absolute atomic E-state index is 0.163. The van der Waals surface area contributed by atoms with Gasteiger partial charge in [0.1, 0.15) is 5.82 Å². The molecule has 4 nitrogen and oxygen atoms in total. The van der Waals surface area contributed by atoms with Crippen molar-refractivity contribution in [3.8, 4) is 0 Å². The smallest absolute Gasteiger partial charge is 0.332 e. The molecule has 64 valence electrons. The highest BCUT2D eigenvalue weighted by molar-refractivity contribution is 5.85. The van der Waals surface area contributed by atoms with Gasteiger partial charge < -0.3 is 9.67 Å². The van der Waals surface area contributed by atoms with Crippen LogP contribution in [0, 0.1) is 6.92 Å². The molecule has 12 heavy (non-hydrogen) atoms. The Kier molecular flexibility index (Phi) is 2.28. The zero-order chi connectivity index (χ0) is 9.14. The van der Waals surface area contributed by atoms with Gasteiger partial charge in [-0.1, -0.05) is 6.58 Å². The van der Waals surface area contributed by atoms with E-state index in [1.807, 2.05) is 6.92 Å². The monoisotopic (exact) mass is 166 g/mol. The topological polar surface area (TPSA) is 55.1 Å². The summed E-state index contributed by atoms with van der Waals surface area (Å²) in [6.07, 6.45) is 3.36. The molecule has 1 heterocycles. The number of carboxylic acid groups (broad SMARTS) is 1. The lowest BCUT2D eigenvalue weighted by molar-refractivity contribution is -0.132. The molecular weight excluding hydrogens is 156 g/mol. The van der Waals surface area contributed by atoms with E-state index in [0.29, 0.717) is 6.54 Å². The summed E-state index contributed by atoms with van der Waals surface area (Å²) >= 11 is 0. The Labute approximate surface area is 70.2 Å². The second kappa shape index (κ2) is 3.21. The highest BCUT2D eigenvalue weighted by Gasteiger charge is 2.05. The normalized spacial score (nSPS) is 9.75. The molecule has 0 saturated heterocycles. The molecule has 0 aromatic carbocycles. The standard InChI is InChI=1S/C8H10N2O2/c1-6(8(11)12)5-10-4-3-9-7(10)2/h3-4H,1,5H2,2H3,(H,11,12). The van der Waals surface area contributed by atoms with Gasteiger partial charge in [0.05, 0.1) is 6.54 Å². The zero-order valence-corrected chi connectivity index (χ0v) is 6.82. The fraction of sp³-hybridized carbons (Fsp3) is 0.250. The summed E-state index contributed by atoms with van der Waals surface area (Å²) in [4.78, 5) is 14.4. The van der Waals surface area contributed by atoms with E-state index in [2.05, 4.69) is 11.6 Å². The van der Waals surface area contributed by atoms with Gasteiger partial charge in [0.25, 0.3) is 0 Å². The molecule has 4 heteroatoms. The molecular formula is C8H10N2O2. The summed E-state index contributed by atoms with van der Waals surface area (Å²) in [6.45, 7) is 5.53. The number of nitrogens with zero attached hydrogens (tertiary/aromatic N) is 2. The van der Waals surface area contributed by atoms with Crippen LogP contribution in [0.25, 0.3) is 0 Å². The number of carbonyl (C=O) groups is 1. The van der Waals surface area contributed by atoms with Gasteiger partial charge in [-0.15, -0.1) is 0 Å². The van der Waals surface area contributed by atoms with Crippen LogP contribution < -0.4 is 0 Å². The maximum absolute atomic E-state index is 10.4. The summed E-state index contributed by atoms with van der Waals surface area (Å²) in [6, 6.07) is 0. The third-order valence-corrected chi connectivity index (χ3v) is 1.59. The van der Waals surface area contributed by atoms with Crippen molar-refractivity contribution >= 4 is 5.97 Å². The molecule has 0 aliphatic carbocycles. The Bertz CT molecular complexity index is 315. The molecule has 1 N–H and O–H groups in total. The Balaban J connectivity index is 2.71. The first kappa shape index (κ1) is 8.52. The van der Waals surface area contributed by atoms with Gasteiger partial charge in [-0.3, -0.25) is 0 Å². The Morgan fingerprint density at radius 2 is 2.50 bits per heavy atom. The number of aromatic nitrogens is 2. The van der Waals surface area contributed by atoms with E-state index in [-0.39, 0.29) is 5.57 Å². The van der Waals surface area contributed by atoms with Gasteiger partial charge in [-0.05, 0) is 6.92 Å². The van der Waals surface area contributed by atoms with Crippen molar-refractivity contribution in [1.29, 1.82) is 0 Å². The minimum atomic E-state index is -0.969. The number of aryl methyl sites for hydroxylation is 1. The SMILES string of the molecule is C=C(Cn1ccnc1C)C(=O)O. The molecule has 0 amide bonds. The molecule has 1 rings (SSSR count). The van der Waals surface area contributed by atoms with Crippen LogP contribution in [0.3, 0.4) is 0 Å². The van der Waals surface area contributed by atoms with E-state index >= 15 is 0 Å². The molecule has 0 spiro atoms. The van der Waals surface area contributed by atoms with Crippen molar-refractivity contribution in [2.24, 2.45) is 0 Å². The molecule has 0 saturated carbocycles. The first-order chi connectivity index (χ1) is 5.61. The predicted molar refractivity (Wildman–Crippen MR) is 43.7 cm³/mol. The summed E-state index contributed by atoms with van der Waals surface area (Å²) in [5, 5.41) is 8.54. The zero-order valence-electron chi connectivity index (χ0n) is 6.82. The van der Waals surface area contributed by atoms with Crippen molar-refractivity contribution in [1.82, 2.24) is 9.55 Å². The maximum atomic E-state index is 10.4. The second-order valence-corrected chi connectivity index (χ2v) is 2.51. The fourth-order valence-corrected chi connectivity index (χ4v) is 0.844. The molecule has 0 radical (unpaired) electrons. The average molecular weight is 166 g/mol. The summed E-state index contributed by atoms with van der Waals surface area (Å²) in [5.74, 6) is -0.180. The Hall–Kier alpha value is -1.58. The van der Waals surface area contributed by atoms with Crippen LogP contribution in [0.4, 0.5) is 0 Å². The summed E-state index contributed by atoms with van der Waals surface area (Å²) in [7, 11) is 0. The Morgan fingerprint density at radius 3 is 2.92 bits per heavy atom. The van der Waals surface area contributed by atoms with Gasteiger partial charge in [0.15, 0.2) is 0 Å². The average Bonchev–Trinajstić information content (AvgIpc) is 2.36. The van der Waals surface area contributed by atoms with Crippen LogP contribution in [-0.4, -0.2) is 20.6 Å². The highest BCUT2D eigenvalue weighted by atomic mass is 16.4. The summed E-state index contributed by atoms with van der Waals surface area (Å²) < 4.78 is 1.73. The van der Waals surface area contributed by atoms with Crippen LogP contribution in [0.15, 0.2) is 24.5 Å². The molecule has 1 aromatic heterocycles. The first-order valence-electron chi connectivity index (χ1n) is 3.50. The molecule has 0 bridgehead atoms. The second-order valence-electron chi connectivity index (χ2n) is 2.51. The van der Waals surface area contributed by atoms with Crippen molar-refractivity contribution in [3.05, 3.63) is 30.4 Å². The Morgan fingerprint density at radius 1 is 1.83 bits per heavy atom. The molecule has 0 unspecified atom stereocenters. The van der Waals surface area contributed by atoms with Gasteiger partial charge in [0.2, 0.25) is 0 Å². The quantitative estimate of drug-likeness (QED) is 0.677. The van der Waals surface area contributed by atoms with Crippen molar-refractivity contribution in [3.63, 3.8) is 0 Å². The van der Waals surface area contributed by atoms with E-state index in [1.54, 1.807) is 17.0 Å². The molecule has 1 aromatic rings. The lowest BCUT2D eigenvalue weighted by Crippen LogP contribution is -2.08. The lowest BCUT2D eigenvalue weighted by atomic mass is 10.3. The highest BCUT2D eigenvalue weighted by Crippen LogP contribution is 2.00. The maximum Gasteiger partial charge on any atom is 0.332 e. The number of aliphatic carboxylic acids is 1. The molecule has 0 aliphatic rings. The number of imidazole rings is 1. The van der Waals surface area contributed by atoms with E-state index in [4.69, 9.17) is 5.11 Å². The van der Waals surface area contributed by atoms with E-state index in [1.165, 1.54) is 0 Å². The van der Waals surface area contributed by atoms with E-state index < -0.39 is 5.97 Å². The van der Waals surface area contributed by atoms with Crippen LogP contribution in [-0.2, 0) is 11.3 Å². The van der Waals surface area contributed by atoms with Crippen LogP contribution in [0.2, 0.25) is 0 Å². The number of hydrogen-bond acceptors (Lipinski definition) is 2. The lowest BCUT2D eigenvalue weighted by Gasteiger charge is -2.03.